The minimum Gasteiger partial charge on any atom is -0.373 e. The van der Waals surface area contributed by atoms with Crippen LogP contribution >= 0.6 is 0 Å². The van der Waals surface area contributed by atoms with Crippen LogP contribution in [0.2, 0.25) is 0 Å². The summed E-state index contributed by atoms with van der Waals surface area (Å²) < 4.78 is 5.84. The molecule has 1 aliphatic rings. The lowest BCUT2D eigenvalue weighted by molar-refractivity contribution is -0.0724. The standard InChI is InChI=1S/C17H28N2O/c1-14-10-19(11-15(2)20-14)13-17(3,12-18-4)16-8-6-5-7-9-16/h5-9,14-15,18H,10-13H2,1-4H3/t14-,15+,17?. The van der Waals surface area contributed by atoms with E-state index in [4.69, 9.17) is 4.74 Å². The second kappa shape index (κ2) is 6.70. The quantitative estimate of drug-likeness (QED) is 0.893. The highest BCUT2D eigenvalue weighted by Gasteiger charge is 2.31. The Kier molecular flexibility index (Phi) is 5.19. The van der Waals surface area contributed by atoms with E-state index >= 15 is 0 Å². The van der Waals surface area contributed by atoms with E-state index in [2.05, 4.69) is 61.3 Å². The normalized spacial score (nSPS) is 27.2. The molecule has 3 nitrogen and oxygen atoms in total. The Bertz CT molecular complexity index is 399. The van der Waals surface area contributed by atoms with Crippen LogP contribution in [0.3, 0.4) is 0 Å². The Morgan fingerprint density at radius 2 is 1.80 bits per heavy atom. The first-order chi connectivity index (χ1) is 9.53. The number of hydrogen-bond donors (Lipinski definition) is 1. The van der Waals surface area contributed by atoms with Crippen molar-refractivity contribution in [2.24, 2.45) is 0 Å². The second-order valence-electron chi connectivity index (χ2n) is 6.41. The number of likely N-dealkylation sites (N-methyl/N-ethyl adjacent to an activating group) is 1. The largest absolute Gasteiger partial charge is 0.373 e. The topological polar surface area (TPSA) is 24.5 Å². The summed E-state index contributed by atoms with van der Waals surface area (Å²) in [5.74, 6) is 0. The van der Waals surface area contributed by atoms with Gasteiger partial charge < -0.3 is 10.1 Å². The molecule has 0 bridgehead atoms. The van der Waals surface area contributed by atoms with Crippen molar-refractivity contribution < 1.29 is 4.74 Å². The molecule has 1 saturated heterocycles. The number of rotatable bonds is 5. The monoisotopic (exact) mass is 276 g/mol. The third-order valence-electron chi connectivity index (χ3n) is 4.11. The zero-order chi connectivity index (χ0) is 14.6. The number of hydrogen-bond acceptors (Lipinski definition) is 3. The molecule has 1 N–H and O–H groups in total. The molecule has 3 atom stereocenters. The SMILES string of the molecule is CNCC(C)(CN1C[C@@H](C)O[C@@H](C)C1)c1ccccc1. The molecule has 1 heterocycles. The van der Waals surface area contributed by atoms with Crippen molar-refractivity contribution in [2.75, 3.05) is 33.2 Å². The molecular weight excluding hydrogens is 248 g/mol. The van der Waals surface area contributed by atoms with Gasteiger partial charge in [-0.2, -0.15) is 0 Å². The highest BCUT2D eigenvalue weighted by atomic mass is 16.5. The Morgan fingerprint density at radius 1 is 1.20 bits per heavy atom. The van der Waals surface area contributed by atoms with Gasteiger partial charge in [0.1, 0.15) is 0 Å². The summed E-state index contributed by atoms with van der Waals surface area (Å²) in [6, 6.07) is 10.8. The molecular formula is C17H28N2O. The summed E-state index contributed by atoms with van der Waals surface area (Å²) in [7, 11) is 2.03. The molecule has 0 aliphatic carbocycles. The van der Waals surface area contributed by atoms with Crippen LogP contribution in [-0.2, 0) is 10.2 Å². The van der Waals surface area contributed by atoms with Crippen LogP contribution in [0.25, 0.3) is 0 Å². The molecule has 0 spiro atoms. The lowest BCUT2D eigenvalue weighted by Gasteiger charge is -2.41. The summed E-state index contributed by atoms with van der Waals surface area (Å²) in [6.07, 6.45) is 0.654. The highest BCUT2D eigenvalue weighted by molar-refractivity contribution is 5.25. The molecule has 20 heavy (non-hydrogen) atoms. The molecule has 1 aromatic rings. The van der Waals surface area contributed by atoms with Crippen molar-refractivity contribution in [3.63, 3.8) is 0 Å². The smallest absolute Gasteiger partial charge is 0.0678 e. The predicted octanol–water partition coefficient (Wildman–Crippen LogP) is 2.27. The van der Waals surface area contributed by atoms with E-state index in [1.807, 2.05) is 7.05 Å². The summed E-state index contributed by atoms with van der Waals surface area (Å²) in [5, 5.41) is 3.36. The van der Waals surface area contributed by atoms with Crippen LogP contribution in [0.5, 0.6) is 0 Å². The molecule has 1 fully saturated rings. The minimum absolute atomic E-state index is 0.132. The van der Waals surface area contributed by atoms with Crippen LogP contribution in [0.4, 0.5) is 0 Å². The zero-order valence-electron chi connectivity index (χ0n) is 13.2. The van der Waals surface area contributed by atoms with Gasteiger partial charge >= 0.3 is 0 Å². The summed E-state index contributed by atoms with van der Waals surface area (Å²) >= 11 is 0. The third kappa shape index (κ3) is 3.81. The third-order valence-corrected chi connectivity index (χ3v) is 4.11. The van der Waals surface area contributed by atoms with Crippen molar-refractivity contribution in [1.82, 2.24) is 10.2 Å². The maximum absolute atomic E-state index is 5.84. The number of nitrogens with one attached hydrogen (secondary N) is 1. The van der Waals surface area contributed by atoms with Crippen molar-refractivity contribution in [1.29, 1.82) is 0 Å². The predicted molar refractivity (Wildman–Crippen MR) is 84.2 cm³/mol. The number of benzene rings is 1. The molecule has 0 saturated carbocycles. The summed E-state index contributed by atoms with van der Waals surface area (Å²) in [4.78, 5) is 2.54. The maximum atomic E-state index is 5.84. The Balaban J connectivity index is 2.12. The van der Waals surface area contributed by atoms with Gasteiger partial charge in [0.05, 0.1) is 12.2 Å². The average molecular weight is 276 g/mol. The Labute approximate surface area is 123 Å². The first-order valence-electron chi connectivity index (χ1n) is 7.61. The van der Waals surface area contributed by atoms with Crippen LogP contribution < -0.4 is 5.32 Å². The van der Waals surface area contributed by atoms with Gasteiger partial charge in [-0.05, 0) is 26.5 Å². The lowest BCUT2D eigenvalue weighted by atomic mass is 9.81. The molecule has 1 unspecified atom stereocenters. The molecule has 1 aliphatic heterocycles. The van der Waals surface area contributed by atoms with E-state index < -0.39 is 0 Å². The molecule has 0 radical (unpaired) electrons. The van der Waals surface area contributed by atoms with Crippen molar-refractivity contribution >= 4 is 0 Å². The zero-order valence-corrected chi connectivity index (χ0v) is 13.2. The first-order valence-corrected chi connectivity index (χ1v) is 7.61. The van der Waals surface area contributed by atoms with E-state index in [-0.39, 0.29) is 5.41 Å². The summed E-state index contributed by atoms with van der Waals surface area (Å²) in [6.45, 7) is 10.8. The molecule has 2 rings (SSSR count). The number of nitrogens with zero attached hydrogens (tertiary/aromatic N) is 1. The van der Waals surface area contributed by atoms with Crippen LogP contribution in [0, 0.1) is 0 Å². The number of morpholine rings is 1. The van der Waals surface area contributed by atoms with E-state index in [9.17, 15) is 0 Å². The Morgan fingerprint density at radius 3 is 2.35 bits per heavy atom. The fraction of sp³-hybridized carbons (Fsp3) is 0.647. The highest BCUT2D eigenvalue weighted by Crippen LogP contribution is 2.26. The van der Waals surface area contributed by atoms with Crippen LogP contribution in [-0.4, -0.2) is 50.3 Å². The van der Waals surface area contributed by atoms with Gasteiger partial charge in [0.25, 0.3) is 0 Å². The van der Waals surface area contributed by atoms with E-state index in [1.54, 1.807) is 0 Å². The first kappa shape index (κ1) is 15.5. The van der Waals surface area contributed by atoms with Gasteiger partial charge in [-0.25, -0.2) is 0 Å². The summed E-state index contributed by atoms with van der Waals surface area (Å²) in [5.41, 5.74) is 1.54. The van der Waals surface area contributed by atoms with Gasteiger partial charge in [-0.1, -0.05) is 37.3 Å². The fourth-order valence-corrected chi connectivity index (χ4v) is 3.39. The molecule has 0 aromatic heterocycles. The average Bonchev–Trinajstić information content (AvgIpc) is 2.38. The van der Waals surface area contributed by atoms with E-state index in [1.165, 1.54) is 5.56 Å². The molecule has 112 valence electrons. The maximum Gasteiger partial charge on any atom is 0.0678 e. The van der Waals surface area contributed by atoms with E-state index in [0.29, 0.717) is 12.2 Å². The molecule has 3 heteroatoms. The van der Waals surface area contributed by atoms with Crippen LogP contribution in [0.1, 0.15) is 26.3 Å². The number of ether oxygens (including phenoxy) is 1. The molecule has 1 aromatic carbocycles. The second-order valence-corrected chi connectivity index (χ2v) is 6.41. The van der Waals surface area contributed by atoms with Gasteiger partial charge in [0.15, 0.2) is 0 Å². The van der Waals surface area contributed by atoms with Crippen LogP contribution in [0.15, 0.2) is 30.3 Å². The molecule has 0 amide bonds. The van der Waals surface area contributed by atoms with Crippen molar-refractivity contribution in [3.05, 3.63) is 35.9 Å². The van der Waals surface area contributed by atoms with Gasteiger partial charge in [-0.3, -0.25) is 4.90 Å². The Hall–Kier alpha value is -0.900. The van der Waals surface area contributed by atoms with Crippen molar-refractivity contribution in [2.45, 2.75) is 38.4 Å². The van der Waals surface area contributed by atoms with Crippen molar-refractivity contribution in [3.8, 4) is 0 Å². The van der Waals surface area contributed by atoms with Gasteiger partial charge in [0.2, 0.25) is 0 Å². The van der Waals surface area contributed by atoms with Gasteiger partial charge in [-0.15, -0.1) is 0 Å². The lowest BCUT2D eigenvalue weighted by Crippen LogP contribution is -2.52. The minimum atomic E-state index is 0.132. The van der Waals surface area contributed by atoms with Gasteiger partial charge in [0, 0.05) is 31.6 Å². The fourth-order valence-electron chi connectivity index (χ4n) is 3.39. The van der Waals surface area contributed by atoms with E-state index in [0.717, 1.165) is 26.2 Å².